The molecule has 1 atom stereocenters. The molecule has 3 heterocycles. The molecule has 0 saturated carbocycles. The van der Waals surface area contributed by atoms with Crippen molar-refractivity contribution in [1.29, 1.82) is 0 Å². The van der Waals surface area contributed by atoms with Gasteiger partial charge in [0.1, 0.15) is 11.3 Å². The van der Waals surface area contributed by atoms with Gasteiger partial charge in [0.2, 0.25) is 5.76 Å². The van der Waals surface area contributed by atoms with Gasteiger partial charge in [-0.25, -0.2) is 4.98 Å². The van der Waals surface area contributed by atoms with Gasteiger partial charge in [0.25, 0.3) is 5.91 Å². The number of fused-ring (bicyclic) bond motifs is 2. The molecule has 1 unspecified atom stereocenters. The molecule has 0 bridgehead atoms. The summed E-state index contributed by atoms with van der Waals surface area (Å²) in [6, 6.07) is 14.0. The number of aromatic nitrogens is 1. The number of nitrogens with zero attached hydrogens (tertiary/aromatic N) is 2. The fourth-order valence-electron chi connectivity index (χ4n) is 4.06. The number of unbranched alkanes of at least 4 members (excludes halogenated alkanes) is 2. The molecule has 0 aliphatic carbocycles. The molecule has 162 valence electrons. The van der Waals surface area contributed by atoms with Crippen LogP contribution in [0, 0.1) is 0 Å². The van der Waals surface area contributed by atoms with Gasteiger partial charge in [-0.05, 0) is 36.2 Å². The van der Waals surface area contributed by atoms with Crippen LogP contribution in [0.1, 0.15) is 53.9 Å². The van der Waals surface area contributed by atoms with Gasteiger partial charge in [-0.1, -0.05) is 44.0 Å². The lowest BCUT2D eigenvalue weighted by molar-refractivity contribution is 0.0971. The number of thiazole rings is 1. The first-order valence-electron chi connectivity index (χ1n) is 10.7. The van der Waals surface area contributed by atoms with Crippen molar-refractivity contribution in [2.24, 2.45) is 0 Å². The second kappa shape index (κ2) is 8.59. The normalized spacial score (nSPS) is 15.3. The van der Waals surface area contributed by atoms with E-state index in [1.54, 1.807) is 35.4 Å². The van der Waals surface area contributed by atoms with Crippen LogP contribution in [-0.4, -0.2) is 17.5 Å². The van der Waals surface area contributed by atoms with Crippen LogP contribution < -0.4 is 15.1 Å². The fraction of sp³-hybridized carbons (Fsp3) is 0.240. The monoisotopic (exact) mass is 446 g/mol. The summed E-state index contributed by atoms with van der Waals surface area (Å²) >= 11 is 1.35. The van der Waals surface area contributed by atoms with Gasteiger partial charge in [-0.2, -0.15) is 0 Å². The number of amides is 1. The van der Waals surface area contributed by atoms with E-state index < -0.39 is 6.04 Å². The minimum Gasteiger partial charge on any atom is -0.494 e. The van der Waals surface area contributed by atoms with E-state index in [9.17, 15) is 9.59 Å². The van der Waals surface area contributed by atoms with Crippen molar-refractivity contribution < 1.29 is 13.9 Å². The maximum absolute atomic E-state index is 13.5. The highest BCUT2D eigenvalue weighted by Gasteiger charge is 2.44. The zero-order valence-electron chi connectivity index (χ0n) is 17.6. The van der Waals surface area contributed by atoms with Gasteiger partial charge in [0, 0.05) is 11.6 Å². The zero-order valence-corrected chi connectivity index (χ0v) is 18.4. The summed E-state index contributed by atoms with van der Waals surface area (Å²) in [5.41, 5.74) is 1.36. The van der Waals surface area contributed by atoms with Crippen molar-refractivity contribution in [1.82, 2.24) is 4.98 Å². The predicted molar refractivity (Wildman–Crippen MR) is 125 cm³/mol. The van der Waals surface area contributed by atoms with Gasteiger partial charge in [-0.3, -0.25) is 14.5 Å². The maximum Gasteiger partial charge on any atom is 0.297 e. The van der Waals surface area contributed by atoms with Crippen LogP contribution in [0.4, 0.5) is 5.13 Å². The lowest BCUT2D eigenvalue weighted by Crippen LogP contribution is -2.29. The number of carbonyl (C=O) groups excluding carboxylic acids is 1. The Morgan fingerprint density at radius 2 is 1.91 bits per heavy atom. The number of hydrogen-bond acceptors (Lipinski definition) is 6. The molecule has 1 aliphatic rings. The lowest BCUT2D eigenvalue weighted by Gasteiger charge is -2.22. The molecule has 1 aliphatic heterocycles. The second-order valence-electron chi connectivity index (χ2n) is 7.69. The Bertz CT molecular complexity index is 1310. The van der Waals surface area contributed by atoms with Gasteiger partial charge < -0.3 is 9.15 Å². The van der Waals surface area contributed by atoms with Crippen LogP contribution in [0.25, 0.3) is 11.0 Å². The van der Waals surface area contributed by atoms with Crippen LogP contribution in [0.5, 0.6) is 5.75 Å². The van der Waals surface area contributed by atoms with Crippen molar-refractivity contribution in [2.75, 3.05) is 11.5 Å². The largest absolute Gasteiger partial charge is 0.494 e. The third-order valence-corrected chi connectivity index (χ3v) is 6.39. The number of hydrogen-bond donors (Lipinski definition) is 0. The molecule has 0 radical (unpaired) electrons. The summed E-state index contributed by atoms with van der Waals surface area (Å²) in [4.78, 5) is 32.7. The first kappa shape index (κ1) is 20.5. The molecule has 6 nitrogen and oxygen atoms in total. The molecule has 0 N–H and O–H groups in total. The number of carbonyl (C=O) groups is 1. The Morgan fingerprint density at radius 3 is 2.66 bits per heavy atom. The molecular weight excluding hydrogens is 424 g/mol. The van der Waals surface area contributed by atoms with Gasteiger partial charge in [-0.15, -0.1) is 11.3 Å². The summed E-state index contributed by atoms with van der Waals surface area (Å²) in [5, 5.41) is 2.79. The topological polar surface area (TPSA) is 72.6 Å². The Hall–Kier alpha value is -3.45. The van der Waals surface area contributed by atoms with Crippen LogP contribution in [0.15, 0.2) is 69.3 Å². The molecule has 0 saturated heterocycles. The summed E-state index contributed by atoms with van der Waals surface area (Å²) in [6.07, 6.45) is 4.92. The number of para-hydroxylation sites is 1. The molecule has 4 aromatic rings. The fourth-order valence-corrected chi connectivity index (χ4v) is 4.72. The minimum absolute atomic E-state index is 0.0776. The van der Waals surface area contributed by atoms with Crippen molar-refractivity contribution in [3.05, 3.63) is 87.2 Å². The summed E-state index contributed by atoms with van der Waals surface area (Å²) < 4.78 is 11.8. The van der Waals surface area contributed by atoms with Crippen LogP contribution >= 0.6 is 11.3 Å². The van der Waals surface area contributed by atoms with E-state index >= 15 is 0 Å². The van der Waals surface area contributed by atoms with Crippen LogP contribution in [0.3, 0.4) is 0 Å². The molecular formula is C25H22N2O4S. The van der Waals surface area contributed by atoms with Crippen LogP contribution in [-0.2, 0) is 0 Å². The molecule has 2 aromatic heterocycles. The van der Waals surface area contributed by atoms with Gasteiger partial charge in [0.05, 0.1) is 23.6 Å². The van der Waals surface area contributed by atoms with Crippen molar-refractivity contribution >= 4 is 33.3 Å². The van der Waals surface area contributed by atoms with E-state index in [2.05, 4.69) is 11.9 Å². The third-order valence-electron chi connectivity index (χ3n) is 5.62. The molecule has 32 heavy (non-hydrogen) atoms. The zero-order chi connectivity index (χ0) is 22.1. The van der Waals surface area contributed by atoms with E-state index in [1.807, 2.05) is 29.6 Å². The average molecular weight is 447 g/mol. The Kier molecular flexibility index (Phi) is 5.49. The van der Waals surface area contributed by atoms with E-state index in [0.29, 0.717) is 28.3 Å². The third kappa shape index (κ3) is 3.48. The summed E-state index contributed by atoms with van der Waals surface area (Å²) in [7, 11) is 0. The van der Waals surface area contributed by atoms with E-state index in [4.69, 9.17) is 9.15 Å². The number of ether oxygens (including phenoxy) is 1. The summed E-state index contributed by atoms with van der Waals surface area (Å²) in [5.74, 6) is 0.484. The molecule has 0 spiro atoms. The van der Waals surface area contributed by atoms with Crippen molar-refractivity contribution in [3.63, 3.8) is 0 Å². The highest BCUT2D eigenvalue weighted by molar-refractivity contribution is 7.13. The van der Waals surface area contributed by atoms with E-state index in [-0.39, 0.29) is 17.1 Å². The van der Waals surface area contributed by atoms with Crippen LogP contribution in [0.2, 0.25) is 0 Å². The van der Waals surface area contributed by atoms with E-state index in [1.165, 1.54) is 11.3 Å². The number of benzene rings is 2. The van der Waals surface area contributed by atoms with Gasteiger partial charge >= 0.3 is 0 Å². The molecule has 0 fully saturated rings. The van der Waals surface area contributed by atoms with Gasteiger partial charge in [0.15, 0.2) is 10.6 Å². The van der Waals surface area contributed by atoms with Crippen molar-refractivity contribution in [2.45, 2.75) is 32.2 Å². The maximum atomic E-state index is 13.5. The first-order chi connectivity index (χ1) is 15.7. The van der Waals surface area contributed by atoms with Crippen molar-refractivity contribution in [3.8, 4) is 5.75 Å². The smallest absolute Gasteiger partial charge is 0.297 e. The SMILES string of the molecule is CCCCCOc1ccc(C2c3c(oc4ccccc4c3=O)C(=O)N2c2nccs2)cc1. The standard InChI is InChI=1S/C25H22N2O4S/c1-2-3-6-14-30-17-11-9-16(10-12-17)21-20-22(28)18-7-4-5-8-19(18)31-23(20)24(29)27(21)25-26-13-15-32-25/h4-5,7-13,15,21H,2-3,6,14H2,1H3. The Morgan fingerprint density at radius 1 is 1.09 bits per heavy atom. The predicted octanol–water partition coefficient (Wildman–Crippen LogP) is 5.57. The van der Waals surface area contributed by atoms with E-state index in [0.717, 1.165) is 30.6 Å². The number of anilines is 1. The lowest BCUT2D eigenvalue weighted by atomic mass is 9.98. The average Bonchev–Trinajstić information content (AvgIpc) is 3.44. The Labute approximate surface area is 189 Å². The quantitative estimate of drug-likeness (QED) is 0.347. The first-order valence-corrected chi connectivity index (χ1v) is 11.6. The highest BCUT2D eigenvalue weighted by atomic mass is 32.1. The summed E-state index contributed by atoms with van der Waals surface area (Å²) in [6.45, 7) is 2.82. The molecule has 1 amide bonds. The highest BCUT2D eigenvalue weighted by Crippen LogP contribution is 2.42. The Balaban J connectivity index is 1.59. The molecule has 2 aromatic carbocycles. The molecule has 7 heteroatoms. The number of rotatable bonds is 7. The minimum atomic E-state index is -0.612. The second-order valence-corrected chi connectivity index (χ2v) is 8.56. The molecule has 5 rings (SSSR count).